The second-order valence-corrected chi connectivity index (χ2v) is 15.7. The van der Waals surface area contributed by atoms with Crippen molar-refractivity contribution >= 4 is 11.9 Å². The molecule has 2 unspecified atom stereocenters. The van der Waals surface area contributed by atoms with Crippen molar-refractivity contribution in [2.45, 2.75) is 220 Å². The van der Waals surface area contributed by atoms with E-state index in [1.165, 1.54) is 116 Å². The first-order chi connectivity index (χ1) is 25.5. The maximum Gasteiger partial charge on any atom is 0.305 e. The predicted octanol–water partition coefficient (Wildman–Crippen LogP) is 12.9. The topological polar surface area (TPSA) is 76.1 Å². The maximum absolute atomic E-state index is 12.5. The predicted molar refractivity (Wildman–Crippen MR) is 223 cm³/mol. The van der Waals surface area contributed by atoms with Gasteiger partial charge in [-0.2, -0.15) is 0 Å². The number of allylic oxidation sites excluding steroid dienone is 2. The lowest BCUT2D eigenvalue weighted by molar-refractivity contribution is -0.146. The molecule has 0 aromatic carbocycles. The van der Waals surface area contributed by atoms with Crippen LogP contribution in [0.3, 0.4) is 0 Å². The van der Waals surface area contributed by atoms with Crippen LogP contribution in [0.4, 0.5) is 0 Å². The minimum atomic E-state index is -0.0527. The molecule has 0 heterocycles. The summed E-state index contributed by atoms with van der Waals surface area (Å²) < 4.78 is 11.5. The Labute approximate surface area is 324 Å². The highest BCUT2D eigenvalue weighted by Crippen LogP contribution is 2.21. The zero-order valence-electron chi connectivity index (χ0n) is 35.3. The smallest absolute Gasteiger partial charge is 0.305 e. The maximum atomic E-state index is 12.5. The van der Waals surface area contributed by atoms with Gasteiger partial charge in [-0.15, -0.1) is 0 Å². The zero-order valence-corrected chi connectivity index (χ0v) is 35.3. The van der Waals surface area contributed by atoms with E-state index in [-0.39, 0.29) is 18.5 Å². The number of rotatable bonds is 41. The number of unbranched alkanes of at least 4 members (excludes halogenated alkanes) is 17. The molecule has 0 amide bonds. The van der Waals surface area contributed by atoms with Gasteiger partial charge in [0, 0.05) is 19.4 Å². The van der Waals surface area contributed by atoms with Gasteiger partial charge in [-0.3, -0.25) is 9.59 Å². The Bertz CT molecular complexity index is 787. The molecule has 0 spiro atoms. The van der Waals surface area contributed by atoms with Crippen LogP contribution in [0.15, 0.2) is 12.2 Å². The fourth-order valence-electron chi connectivity index (χ4n) is 7.13. The van der Waals surface area contributed by atoms with Crippen LogP contribution >= 0.6 is 0 Å². The summed E-state index contributed by atoms with van der Waals surface area (Å²) in [4.78, 5) is 27.4. The lowest BCUT2D eigenvalue weighted by Gasteiger charge is -2.21. The number of carbonyl (C=O) groups excluding carboxylic acids is 2. The average molecular weight is 736 g/mol. The van der Waals surface area contributed by atoms with Crippen LogP contribution in [0.25, 0.3) is 0 Å². The molecule has 0 fully saturated rings. The zero-order chi connectivity index (χ0) is 38.2. The van der Waals surface area contributed by atoms with Crippen LogP contribution in [0.2, 0.25) is 0 Å². The normalized spacial score (nSPS) is 12.9. The van der Waals surface area contributed by atoms with E-state index in [0.29, 0.717) is 44.4 Å². The van der Waals surface area contributed by atoms with Gasteiger partial charge >= 0.3 is 11.9 Å². The molecule has 0 aliphatic carbocycles. The Hall–Kier alpha value is -1.40. The van der Waals surface area contributed by atoms with Crippen molar-refractivity contribution in [1.82, 2.24) is 4.90 Å². The lowest BCUT2D eigenvalue weighted by atomic mass is 9.95. The Morgan fingerprint density at radius 2 is 0.904 bits per heavy atom. The van der Waals surface area contributed by atoms with Gasteiger partial charge < -0.3 is 19.5 Å². The van der Waals surface area contributed by atoms with Crippen molar-refractivity contribution in [1.29, 1.82) is 0 Å². The van der Waals surface area contributed by atoms with Gasteiger partial charge in [0.2, 0.25) is 0 Å². The van der Waals surface area contributed by atoms with E-state index in [0.717, 1.165) is 77.3 Å². The number of carbonyl (C=O) groups is 2. The van der Waals surface area contributed by atoms with E-state index in [1.807, 2.05) is 0 Å². The molecular formula is C46H89NO5. The molecule has 0 bridgehead atoms. The van der Waals surface area contributed by atoms with Gasteiger partial charge in [-0.05, 0) is 89.1 Å². The highest BCUT2D eigenvalue weighted by Gasteiger charge is 2.14. The molecule has 0 radical (unpaired) electrons. The van der Waals surface area contributed by atoms with Crippen molar-refractivity contribution in [3.8, 4) is 0 Å². The van der Waals surface area contributed by atoms with Crippen molar-refractivity contribution < 1.29 is 24.2 Å². The SMILES string of the molecule is CC/C=C/CCC(CCCCCCCC)COC(=O)CCCCCN(CCO)CCCCCC(=O)OCC(CCCCCC)CCCCCCCC. The summed E-state index contributed by atoms with van der Waals surface area (Å²) in [6.45, 7) is 12.8. The number of aliphatic hydroxyl groups is 1. The minimum Gasteiger partial charge on any atom is -0.465 e. The molecule has 0 aliphatic rings. The highest BCUT2D eigenvalue weighted by atomic mass is 16.5. The molecule has 0 rings (SSSR count). The van der Waals surface area contributed by atoms with Gasteiger partial charge in [-0.1, -0.05) is 155 Å². The molecule has 0 aliphatic heterocycles. The van der Waals surface area contributed by atoms with Crippen LogP contribution in [0.1, 0.15) is 220 Å². The number of nitrogens with zero attached hydrogens (tertiary/aromatic N) is 1. The third-order valence-electron chi connectivity index (χ3n) is 10.6. The molecule has 52 heavy (non-hydrogen) atoms. The molecule has 308 valence electrons. The Balaban J connectivity index is 4.24. The second-order valence-electron chi connectivity index (χ2n) is 15.7. The van der Waals surface area contributed by atoms with Gasteiger partial charge in [-0.25, -0.2) is 0 Å². The molecule has 0 saturated heterocycles. The van der Waals surface area contributed by atoms with Crippen molar-refractivity contribution in [3.63, 3.8) is 0 Å². The molecular weight excluding hydrogens is 647 g/mol. The fourth-order valence-corrected chi connectivity index (χ4v) is 7.13. The number of hydrogen-bond donors (Lipinski definition) is 1. The first-order valence-corrected chi connectivity index (χ1v) is 22.8. The van der Waals surface area contributed by atoms with Crippen LogP contribution < -0.4 is 0 Å². The monoisotopic (exact) mass is 736 g/mol. The molecule has 6 heteroatoms. The van der Waals surface area contributed by atoms with Gasteiger partial charge in [0.1, 0.15) is 0 Å². The summed E-state index contributed by atoms with van der Waals surface area (Å²) in [5, 5.41) is 9.59. The number of ether oxygens (including phenoxy) is 2. The van der Waals surface area contributed by atoms with E-state index in [9.17, 15) is 14.7 Å². The van der Waals surface area contributed by atoms with Crippen molar-refractivity contribution in [3.05, 3.63) is 12.2 Å². The van der Waals surface area contributed by atoms with Gasteiger partial charge in [0.15, 0.2) is 0 Å². The molecule has 2 atom stereocenters. The Morgan fingerprint density at radius 3 is 1.35 bits per heavy atom. The number of hydrogen-bond acceptors (Lipinski definition) is 6. The fraction of sp³-hybridized carbons (Fsp3) is 0.913. The molecule has 0 saturated carbocycles. The Kier molecular flexibility index (Phi) is 39.7. The lowest BCUT2D eigenvalue weighted by Crippen LogP contribution is -2.29. The van der Waals surface area contributed by atoms with E-state index < -0.39 is 0 Å². The highest BCUT2D eigenvalue weighted by molar-refractivity contribution is 5.69. The quantitative estimate of drug-likeness (QED) is 0.0383. The molecule has 0 aromatic rings. The van der Waals surface area contributed by atoms with Crippen LogP contribution in [0, 0.1) is 11.8 Å². The second kappa shape index (κ2) is 40.8. The summed E-state index contributed by atoms with van der Waals surface area (Å²) >= 11 is 0. The summed E-state index contributed by atoms with van der Waals surface area (Å²) in [6, 6.07) is 0. The van der Waals surface area contributed by atoms with Crippen LogP contribution in [0.5, 0.6) is 0 Å². The largest absolute Gasteiger partial charge is 0.465 e. The van der Waals surface area contributed by atoms with Crippen LogP contribution in [-0.2, 0) is 19.1 Å². The summed E-state index contributed by atoms with van der Waals surface area (Å²) in [6.07, 6.45) is 38.8. The summed E-state index contributed by atoms with van der Waals surface area (Å²) in [5.41, 5.74) is 0. The van der Waals surface area contributed by atoms with Crippen LogP contribution in [-0.4, -0.2) is 61.4 Å². The molecule has 1 N–H and O–H groups in total. The van der Waals surface area contributed by atoms with Gasteiger partial charge in [0.05, 0.1) is 19.8 Å². The van der Waals surface area contributed by atoms with E-state index in [2.05, 4.69) is 44.7 Å². The number of aliphatic hydroxyl groups excluding tert-OH is 1. The Morgan fingerprint density at radius 1 is 0.500 bits per heavy atom. The number of esters is 2. The first kappa shape index (κ1) is 50.6. The van der Waals surface area contributed by atoms with E-state index >= 15 is 0 Å². The minimum absolute atomic E-state index is 0.0373. The summed E-state index contributed by atoms with van der Waals surface area (Å²) in [7, 11) is 0. The molecule has 0 aromatic heterocycles. The average Bonchev–Trinajstić information content (AvgIpc) is 3.14. The molecule has 6 nitrogen and oxygen atoms in total. The van der Waals surface area contributed by atoms with E-state index in [4.69, 9.17) is 9.47 Å². The van der Waals surface area contributed by atoms with Crippen molar-refractivity contribution in [2.24, 2.45) is 11.8 Å². The van der Waals surface area contributed by atoms with Crippen molar-refractivity contribution in [2.75, 3.05) is 39.5 Å². The first-order valence-electron chi connectivity index (χ1n) is 22.8. The standard InChI is InChI=1S/C46H89NO5/c1-5-9-13-17-19-25-33-43(31-23-15-11-7-3)41-51-45(49)35-27-21-29-37-47(39-40-48)38-30-22-28-36-46(50)52-42-44(32-24-16-12-8-4)34-26-20-18-14-10-6-2/h11,15,43-44,48H,5-10,12-14,16-42H2,1-4H3/b15-11+. The third-order valence-corrected chi connectivity index (χ3v) is 10.6. The summed E-state index contributed by atoms with van der Waals surface area (Å²) in [5.74, 6) is 0.888. The third kappa shape index (κ3) is 35.6. The van der Waals surface area contributed by atoms with E-state index in [1.54, 1.807) is 0 Å². The van der Waals surface area contributed by atoms with Gasteiger partial charge in [0.25, 0.3) is 0 Å².